The Kier molecular flexibility index (Phi) is 6.78. The second kappa shape index (κ2) is 9.73. The van der Waals surface area contributed by atoms with Crippen LogP contribution in [0, 0.1) is 5.92 Å². The van der Waals surface area contributed by atoms with Gasteiger partial charge < -0.3 is 19.3 Å². The minimum Gasteiger partial charge on any atom is -0.444 e. The number of rotatable bonds is 4. The summed E-state index contributed by atoms with van der Waals surface area (Å²) in [6.07, 6.45) is -6.78. The standard InChI is InChI=1S/C26H28F5N5O4/c1-24(2,3)40-23(38)36-10-8-35(9-11-36)18-13-15(26(29,30)31)12-17(33-18)16-6-7-32-21-19(16)20(39-22(37)34-21)25(27,28)14-4-5-14/h6-7,12-14,20H,4-5,8-11H2,1-3H3,(H,32,34,37). The molecule has 1 atom stereocenters. The molecule has 3 aliphatic rings. The molecular formula is C26H28F5N5O4. The van der Waals surface area contributed by atoms with Crippen molar-refractivity contribution in [3.05, 3.63) is 35.5 Å². The zero-order valence-electron chi connectivity index (χ0n) is 22.0. The van der Waals surface area contributed by atoms with E-state index in [1.807, 2.05) is 0 Å². The van der Waals surface area contributed by atoms with Gasteiger partial charge in [0.05, 0.1) is 16.8 Å². The number of fused-ring (bicyclic) bond motifs is 1. The topological polar surface area (TPSA) is 96.9 Å². The highest BCUT2D eigenvalue weighted by Gasteiger charge is 2.57. The molecule has 0 aromatic carbocycles. The van der Waals surface area contributed by atoms with E-state index in [1.165, 1.54) is 17.2 Å². The zero-order valence-corrected chi connectivity index (χ0v) is 22.0. The van der Waals surface area contributed by atoms with E-state index in [1.54, 1.807) is 25.7 Å². The third-order valence-corrected chi connectivity index (χ3v) is 6.84. The van der Waals surface area contributed by atoms with E-state index in [4.69, 9.17) is 9.47 Å². The highest BCUT2D eigenvalue weighted by atomic mass is 19.4. The van der Waals surface area contributed by atoms with Gasteiger partial charge in [0.15, 0.2) is 6.10 Å². The van der Waals surface area contributed by atoms with E-state index in [-0.39, 0.29) is 67.5 Å². The Hall–Kier alpha value is -3.71. The summed E-state index contributed by atoms with van der Waals surface area (Å²) in [5.74, 6) is -4.72. The number of cyclic esters (lactones) is 1. The van der Waals surface area contributed by atoms with Gasteiger partial charge in [0, 0.05) is 43.9 Å². The molecule has 1 saturated carbocycles. The van der Waals surface area contributed by atoms with Crippen LogP contribution < -0.4 is 10.2 Å². The van der Waals surface area contributed by atoms with Gasteiger partial charge in [0.25, 0.3) is 5.92 Å². The lowest BCUT2D eigenvalue weighted by molar-refractivity contribution is -0.137. The third-order valence-electron chi connectivity index (χ3n) is 6.84. The summed E-state index contributed by atoms with van der Waals surface area (Å²) in [7, 11) is 0. The van der Waals surface area contributed by atoms with Crippen molar-refractivity contribution in [2.24, 2.45) is 5.92 Å². The van der Waals surface area contributed by atoms with Crippen molar-refractivity contribution in [1.29, 1.82) is 0 Å². The van der Waals surface area contributed by atoms with E-state index in [0.29, 0.717) is 0 Å². The summed E-state index contributed by atoms with van der Waals surface area (Å²) >= 11 is 0. The van der Waals surface area contributed by atoms with Crippen molar-refractivity contribution < 1.29 is 41.0 Å². The number of aromatic nitrogens is 2. The summed E-state index contributed by atoms with van der Waals surface area (Å²) in [5.41, 5.74) is -2.25. The van der Waals surface area contributed by atoms with Gasteiger partial charge in [-0.05, 0) is 51.8 Å². The molecule has 0 bridgehead atoms. The molecule has 2 aliphatic heterocycles. The first-order valence-electron chi connectivity index (χ1n) is 12.8. The van der Waals surface area contributed by atoms with Crippen LogP contribution in [0.1, 0.15) is 50.8 Å². The Morgan fingerprint density at radius 2 is 1.75 bits per heavy atom. The minimum atomic E-state index is -4.76. The van der Waals surface area contributed by atoms with Gasteiger partial charge in [-0.2, -0.15) is 13.2 Å². The van der Waals surface area contributed by atoms with Crippen LogP contribution in [0.2, 0.25) is 0 Å². The highest BCUT2D eigenvalue weighted by molar-refractivity contribution is 5.89. The lowest BCUT2D eigenvalue weighted by Gasteiger charge is -2.36. The maximum Gasteiger partial charge on any atom is 0.416 e. The molecule has 216 valence electrons. The monoisotopic (exact) mass is 569 g/mol. The highest BCUT2D eigenvalue weighted by Crippen LogP contribution is 2.54. The van der Waals surface area contributed by atoms with Crippen LogP contribution in [-0.2, 0) is 15.7 Å². The summed E-state index contributed by atoms with van der Waals surface area (Å²) in [4.78, 5) is 35.9. The Morgan fingerprint density at radius 1 is 1.07 bits per heavy atom. The van der Waals surface area contributed by atoms with Crippen molar-refractivity contribution in [3.63, 3.8) is 0 Å². The number of carbonyl (C=O) groups is 2. The van der Waals surface area contributed by atoms with Crippen molar-refractivity contribution in [1.82, 2.24) is 14.9 Å². The number of carbonyl (C=O) groups excluding carboxylic acids is 2. The number of hydrogen-bond donors (Lipinski definition) is 1. The molecule has 2 amide bonds. The van der Waals surface area contributed by atoms with Gasteiger partial charge in [-0.25, -0.2) is 28.3 Å². The normalized spacial score (nSPS) is 20.0. The molecule has 1 saturated heterocycles. The molecule has 4 heterocycles. The lowest BCUT2D eigenvalue weighted by Crippen LogP contribution is -2.50. The molecule has 2 aromatic heterocycles. The molecule has 2 aromatic rings. The first-order chi connectivity index (χ1) is 18.6. The van der Waals surface area contributed by atoms with Gasteiger partial charge in [-0.1, -0.05) is 0 Å². The fourth-order valence-corrected chi connectivity index (χ4v) is 4.73. The Morgan fingerprint density at radius 3 is 2.35 bits per heavy atom. The van der Waals surface area contributed by atoms with Crippen molar-refractivity contribution in [2.75, 3.05) is 36.4 Å². The van der Waals surface area contributed by atoms with E-state index in [9.17, 15) is 22.8 Å². The van der Waals surface area contributed by atoms with Crippen LogP contribution in [0.15, 0.2) is 24.4 Å². The van der Waals surface area contributed by atoms with Gasteiger partial charge >= 0.3 is 18.4 Å². The second-order valence-electron chi connectivity index (χ2n) is 11.0. The second-order valence-corrected chi connectivity index (χ2v) is 11.0. The summed E-state index contributed by atoms with van der Waals surface area (Å²) in [6, 6.07) is 2.94. The largest absolute Gasteiger partial charge is 0.444 e. The van der Waals surface area contributed by atoms with Gasteiger partial charge in [0.2, 0.25) is 0 Å². The van der Waals surface area contributed by atoms with Crippen molar-refractivity contribution in [3.8, 4) is 11.3 Å². The first-order valence-corrected chi connectivity index (χ1v) is 12.8. The van der Waals surface area contributed by atoms with Gasteiger partial charge in [-0.15, -0.1) is 0 Å². The van der Waals surface area contributed by atoms with Crippen LogP contribution in [-0.4, -0.2) is 64.8 Å². The van der Waals surface area contributed by atoms with Gasteiger partial charge in [-0.3, -0.25) is 5.32 Å². The molecule has 40 heavy (non-hydrogen) atoms. The number of hydrogen-bond acceptors (Lipinski definition) is 7. The van der Waals surface area contributed by atoms with Crippen molar-refractivity contribution >= 4 is 23.8 Å². The molecular weight excluding hydrogens is 541 g/mol. The molecule has 2 fully saturated rings. The van der Waals surface area contributed by atoms with Crippen LogP contribution in [0.5, 0.6) is 0 Å². The lowest BCUT2D eigenvalue weighted by atomic mass is 9.93. The predicted molar refractivity (Wildman–Crippen MR) is 133 cm³/mol. The minimum absolute atomic E-state index is 0.0366. The van der Waals surface area contributed by atoms with E-state index < -0.39 is 47.5 Å². The van der Waals surface area contributed by atoms with Crippen LogP contribution >= 0.6 is 0 Å². The summed E-state index contributed by atoms with van der Waals surface area (Å²) < 4.78 is 83.0. The molecule has 0 spiro atoms. The number of amides is 2. The maximum absolute atomic E-state index is 15.3. The molecule has 1 aliphatic carbocycles. The Balaban J connectivity index is 1.51. The number of nitrogens with zero attached hydrogens (tertiary/aromatic N) is 4. The Bertz CT molecular complexity index is 1320. The number of nitrogens with one attached hydrogen (secondary N) is 1. The molecule has 9 nitrogen and oxygen atoms in total. The average Bonchev–Trinajstić information content (AvgIpc) is 3.72. The molecule has 5 rings (SSSR count). The molecule has 1 N–H and O–H groups in total. The van der Waals surface area contributed by atoms with Gasteiger partial charge in [0.1, 0.15) is 17.2 Å². The smallest absolute Gasteiger partial charge is 0.416 e. The van der Waals surface area contributed by atoms with E-state index >= 15 is 8.78 Å². The molecule has 0 radical (unpaired) electrons. The van der Waals surface area contributed by atoms with E-state index in [0.717, 1.165) is 12.1 Å². The number of halogens is 5. The van der Waals surface area contributed by atoms with Crippen LogP contribution in [0.25, 0.3) is 11.3 Å². The predicted octanol–water partition coefficient (Wildman–Crippen LogP) is 5.87. The number of anilines is 2. The maximum atomic E-state index is 15.3. The fourth-order valence-electron chi connectivity index (χ4n) is 4.73. The molecule has 1 unspecified atom stereocenters. The quantitative estimate of drug-likeness (QED) is 0.460. The zero-order chi connectivity index (χ0) is 29.0. The number of pyridine rings is 2. The fraction of sp³-hybridized carbons (Fsp3) is 0.538. The number of ether oxygens (including phenoxy) is 2. The van der Waals surface area contributed by atoms with Crippen LogP contribution in [0.4, 0.5) is 43.2 Å². The number of piperazine rings is 1. The summed E-state index contributed by atoms with van der Waals surface area (Å²) in [5, 5.41) is 2.27. The molecule has 14 heteroatoms. The Labute approximate surface area is 226 Å². The average molecular weight is 570 g/mol. The first kappa shape index (κ1) is 27.8. The van der Waals surface area contributed by atoms with Crippen LogP contribution in [0.3, 0.4) is 0 Å². The summed E-state index contributed by atoms with van der Waals surface area (Å²) in [6.45, 7) is 5.90. The SMILES string of the molecule is CC(C)(C)OC(=O)N1CCN(c2cc(C(F)(F)F)cc(-c3ccnc4c3C(C(F)(F)C3CC3)OC(=O)N4)n2)CC1. The number of alkyl halides is 5. The third kappa shape index (κ3) is 5.61. The van der Waals surface area contributed by atoms with Crippen molar-refractivity contribution in [2.45, 2.75) is 57.4 Å². The van der Waals surface area contributed by atoms with E-state index in [2.05, 4.69) is 15.3 Å².